The maximum atomic E-state index is 13.1. The van der Waals surface area contributed by atoms with Crippen molar-refractivity contribution in [1.29, 1.82) is 0 Å². The van der Waals surface area contributed by atoms with E-state index in [0.717, 1.165) is 44.6 Å². The average molecular weight is 343 g/mol. The fraction of sp³-hybridized carbons (Fsp3) is 0.600. The highest BCUT2D eigenvalue weighted by Crippen LogP contribution is 2.28. The second-order valence-corrected chi connectivity index (χ2v) is 7.25. The Hall–Kier alpha value is -1.88. The van der Waals surface area contributed by atoms with Crippen LogP contribution in [0.15, 0.2) is 24.3 Å². The minimum atomic E-state index is -0.213. The first kappa shape index (κ1) is 17.9. The summed E-state index contributed by atoms with van der Waals surface area (Å²) < 4.78 is 0. The van der Waals surface area contributed by atoms with Crippen molar-refractivity contribution in [1.82, 2.24) is 10.2 Å². The minimum absolute atomic E-state index is 0.0592. The molecule has 5 heteroatoms. The lowest BCUT2D eigenvalue weighted by Gasteiger charge is -2.36. The summed E-state index contributed by atoms with van der Waals surface area (Å²) in [5, 5.41) is 3.36. The van der Waals surface area contributed by atoms with E-state index in [1.807, 2.05) is 31.2 Å². The van der Waals surface area contributed by atoms with E-state index in [-0.39, 0.29) is 17.7 Å². The molecule has 0 saturated carbocycles. The fourth-order valence-electron chi connectivity index (χ4n) is 3.91. The van der Waals surface area contributed by atoms with Gasteiger partial charge in [-0.25, -0.2) is 0 Å². The van der Waals surface area contributed by atoms with Crippen molar-refractivity contribution in [2.75, 3.05) is 31.1 Å². The van der Waals surface area contributed by atoms with E-state index < -0.39 is 0 Å². The standard InChI is InChI=1S/C20H29N3O2/c1-3-12-22(18-8-10-21-11-9-18)20(25)16-13-19(24)23(14-16)17-6-4-15(2)5-7-17/h4-7,16,18,21H,3,8-14H2,1-2H3. The van der Waals surface area contributed by atoms with E-state index in [9.17, 15) is 9.59 Å². The molecule has 0 bridgehead atoms. The van der Waals surface area contributed by atoms with Crippen LogP contribution >= 0.6 is 0 Å². The Labute approximate surface area is 150 Å². The molecule has 2 saturated heterocycles. The molecule has 2 aliphatic rings. The lowest BCUT2D eigenvalue weighted by Crippen LogP contribution is -2.48. The van der Waals surface area contributed by atoms with E-state index in [1.165, 1.54) is 5.56 Å². The Morgan fingerprint density at radius 2 is 1.92 bits per heavy atom. The second kappa shape index (κ2) is 8.00. The number of nitrogens with zero attached hydrogens (tertiary/aromatic N) is 2. The zero-order valence-corrected chi connectivity index (χ0v) is 15.3. The molecule has 3 rings (SSSR count). The molecule has 2 fully saturated rings. The van der Waals surface area contributed by atoms with Crippen molar-refractivity contribution in [2.45, 2.75) is 45.6 Å². The van der Waals surface area contributed by atoms with E-state index >= 15 is 0 Å². The smallest absolute Gasteiger partial charge is 0.228 e. The maximum absolute atomic E-state index is 13.1. The predicted molar refractivity (Wildman–Crippen MR) is 99.5 cm³/mol. The number of carbonyl (C=O) groups excluding carboxylic acids is 2. The highest BCUT2D eigenvalue weighted by atomic mass is 16.2. The molecule has 1 unspecified atom stereocenters. The van der Waals surface area contributed by atoms with Crippen LogP contribution in [-0.4, -0.2) is 48.9 Å². The first-order valence-electron chi connectivity index (χ1n) is 9.48. The van der Waals surface area contributed by atoms with Crippen LogP contribution in [0.3, 0.4) is 0 Å². The molecule has 136 valence electrons. The van der Waals surface area contributed by atoms with Crippen molar-refractivity contribution in [3.63, 3.8) is 0 Å². The maximum Gasteiger partial charge on any atom is 0.228 e. The normalized spacial score (nSPS) is 21.6. The second-order valence-electron chi connectivity index (χ2n) is 7.25. The van der Waals surface area contributed by atoms with E-state index in [0.29, 0.717) is 19.0 Å². The Morgan fingerprint density at radius 3 is 2.56 bits per heavy atom. The van der Waals surface area contributed by atoms with Gasteiger partial charge in [0.05, 0.1) is 5.92 Å². The van der Waals surface area contributed by atoms with Gasteiger partial charge in [-0.05, 0) is 51.4 Å². The molecule has 1 atom stereocenters. The van der Waals surface area contributed by atoms with Crippen LogP contribution in [-0.2, 0) is 9.59 Å². The predicted octanol–water partition coefficient (Wildman–Crippen LogP) is 2.34. The lowest BCUT2D eigenvalue weighted by atomic mass is 10.0. The summed E-state index contributed by atoms with van der Waals surface area (Å²) in [4.78, 5) is 29.4. The van der Waals surface area contributed by atoms with Gasteiger partial charge in [-0.2, -0.15) is 0 Å². The summed E-state index contributed by atoms with van der Waals surface area (Å²) in [5.41, 5.74) is 2.07. The van der Waals surface area contributed by atoms with Gasteiger partial charge in [-0.15, -0.1) is 0 Å². The van der Waals surface area contributed by atoms with Crippen LogP contribution in [0.1, 0.15) is 38.2 Å². The molecule has 2 heterocycles. The number of benzene rings is 1. The number of aryl methyl sites for hydroxylation is 1. The first-order chi connectivity index (χ1) is 12.1. The summed E-state index contributed by atoms with van der Waals surface area (Å²) in [6.45, 7) is 7.38. The van der Waals surface area contributed by atoms with Crippen molar-refractivity contribution in [3.05, 3.63) is 29.8 Å². The number of piperidine rings is 1. The molecule has 0 spiro atoms. The van der Waals surface area contributed by atoms with Gasteiger partial charge in [-0.1, -0.05) is 24.6 Å². The summed E-state index contributed by atoms with van der Waals surface area (Å²) >= 11 is 0. The number of hydrogen-bond donors (Lipinski definition) is 1. The van der Waals surface area contributed by atoms with Crippen LogP contribution in [0, 0.1) is 12.8 Å². The number of amides is 2. The molecule has 1 N–H and O–H groups in total. The molecular weight excluding hydrogens is 314 g/mol. The van der Waals surface area contributed by atoms with Gasteiger partial charge in [0.1, 0.15) is 0 Å². The molecule has 1 aromatic rings. The van der Waals surface area contributed by atoms with Gasteiger partial charge in [0.15, 0.2) is 0 Å². The molecule has 2 aliphatic heterocycles. The molecule has 0 radical (unpaired) electrons. The van der Waals surface area contributed by atoms with Gasteiger partial charge in [0, 0.05) is 31.2 Å². The fourth-order valence-corrected chi connectivity index (χ4v) is 3.91. The average Bonchev–Trinajstić information content (AvgIpc) is 3.02. The molecule has 25 heavy (non-hydrogen) atoms. The van der Waals surface area contributed by atoms with Crippen LogP contribution < -0.4 is 10.2 Å². The van der Waals surface area contributed by atoms with Crippen LogP contribution in [0.25, 0.3) is 0 Å². The van der Waals surface area contributed by atoms with Gasteiger partial charge in [0.2, 0.25) is 11.8 Å². The summed E-state index contributed by atoms with van der Waals surface area (Å²) in [7, 11) is 0. The van der Waals surface area contributed by atoms with E-state index in [2.05, 4.69) is 17.1 Å². The Kier molecular flexibility index (Phi) is 5.74. The highest BCUT2D eigenvalue weighted by Gasteiger charge is 2.38. The monoisotopic (exact) mass is 343 g/mol. The van der Waals surface area contributed by atoms with Crippen LogP contribution in [0.5, 0.6) is 0 Å². The number of anilines is 1. The largest absolute Gasteiger partial charge is 0.339 e. The molecule has 1 aromatic carbocycles. The minimum Gasteiger partial charge on any atom is -0.339 e. The lowest BCUT2D eigenvalue weighted by molar-refractivity contribution is -0.138. The third-order valence-electron chi connectivity index (χ3n) is 5.32. The van der Waals surface area contributed by atoms with E-state index in [4.69, 9.17) is 0 Å². The topological polar surface area (TPSA) is 52.7 Å². The van der Waals surface area contributed by atoms with Crippen molar-refractivity contribution >= 4 is 17.5 Å². The van der Waals surface area contributed by atoms with Crippen molar-refractivity contribution < 1.29 is 9.59 Å². The van der Waals surface area contributed by atoms with Gasteiger partial charge >= 0.3 is 0 Å². The van der Waals surface area contributed by atoms with Gasteiger partial charge in [-0.3, -0.25) is 9.59 Å². The van der Waals surface area contributed by atoms with Crippen molar-refractivity contribution in [2.24, 2.45) is 5.92 Å². The zero-order chi connectivity index (χ0) is 17.8. The molecule has 0 aliphatic carbocycles. The number of nitrogens with one attached hydrogen (secondary N) is 1. The zero-order valence-electron chi connectivity index (χ0n) is 15.3. The molecular formula is C20H29N3O2. The Morgan fingerprint density at radius 1 is 1.24 bits per heavy atom. The Bertz CT molecular complexity index is 608. The third kappa shape index (κ3) is 4.03. The quantitative estimate of drug-likeness (QED) is 0.893. The third-order valence-corrected chi connectivity index (χ3v) is 5.32. The van der Waals surface area contributed by atoms with Gasteiger partial charge in [0.25, 0.3) is 0 Å². The molecule has 2 amide bonds. The number of carbonyl (C=O) groups is 2. The van der Waals surface area contributed by atoms with Crippen LogP contribution in [0.2, 0.25) is 0 Å². The van der Waals surface area contributed by atoms with Crippen LogP contribution in [0.4, 0.5) is 5.69 Å². The number of hydrogen-bond acceptors (Lipinski definition) is 3. The van der Waals surface area contributed by atoms with Gasteiger partial charge < -0.3 is 15.1 Å². The van der Waals surface area contributed by atoms with Crippen molar-refractivity contribution in [3.8, 4) is 0 Å². The number of rotatable bonds is 5. The first-order valence-corrected chi connectivity index (χ1v) is 9.48. The SMILES string of the molecule is CCCN(C(=O)C1CC(=O)N(c2ccc(C)cc2)C1)C1CCNCC1. The summed E-state index contributed by atoms with van der Waals surface area (Å²) in [6.07, 6.45) is 3.30. The molecule has 0 aromatic heterocycles. The Balaban J connectivity index is 1.70. The van der Waals surface area contributed by atoms with E-state index in [1.54, 1.807) is 4.90 Å². The summed E-state index contributed by atoms with van der Waals surface area (Å²) in [5.74, 6) is 0.0101. The highest BCUT2D eigenvalue weighted by molar-refractivity contribution is 6.00. The molecule has 5 nitrogen and oxygen atoms in total. The summed E-state index contributed by atoms with van der Waals surface area (Å²) in [6, 6.07) is 8.27.